The van der Waals surface area contributed by atoms with Gasteiger partial charge in [0.1, 0.15) is 0 Å². The number of hydrogen-bond donors (Lipinski definition) is 0. The molecule has 0 heterocycles. The Balaban J connectivity index is -0.000000106. The molecule has 17 heavy (non-hydrogen) atoms. The Labute approximate surface area is 119 Å². The van der Waals surface area contributed by atoms with Crippen molar-refractivity contribution in [1.29, 1.82) is 0 Å². The van der Waals surface area contributed by atoms with E-state index in [-0.39, 0.29) is 26.5 Å². The van der Waals surface area contributed by atoms with Crippen molar-refractivity contribution in [3.8, 4) is 0 Å². The number of hydrogen-bond acceptors (Lipinski definition) is 3. The van der Waals surface area contributed by atoms with Crippen LogP contribution in [0.4, 0.5) is 0 Å². The van der Waals surface area contributed by atoms with E-state index >= 15 is 0 Å². The van der Waals surface area contributed by atoms with Crippen molar-refractivity contribution in [2.24, 2.45) is 5.41 Å². The topological polar surface area (TPSA) is 51.2 Å². The van der Waals surface area contributed by atoms with Crippen LogP contribution in [0, 0.1) is 11.5 Å². The van der Waals surface area contributed by atoms with Crippen molar-refractivity contribution in [1.82, 2.24) is 0 Å². The first kappa shape index (κ1) is 25.1. The fourth-order valence-corrected chi connectivity index (χ4v) is 1.41. The minimum Gasteiger partial charge on any atom is -0.545 e. The Kier molecular flexibility index (Phi) is 19.6. The van der Waals surface area contributed by atoms with Gasteiger partial charge in [0.25, 0.3) is 0 Å². The summed E-state index contributed by atoms with van der Waals surface area (Å²) in [6.07, 6.45) is 3.44. The largest absolute Gasteiger partial charge is 0.545 e. The molecule has 0 aliphatic heterocycles. The minimum atomic E-state index is 0. The molecular formula is C13H18O3W-4. The predicted molar refractivity (Wildman–Crippen MR) is 64.8 cm³/mol. The van der Waals surface area contributed by atoms with E-state index < -0.39 is 0 Å². The summed E-state index contributed by atoms with van der Waals surface area (Å²) in [5.74, 6) is 0. The van der Waals surface area contributed by atoms with E-state index in [9.17, 15) is 0 Å². The summed E-state index contributed by atoms with van der Waals surface area (Å²) in [4.78, 5) is 23.2. The average molecular weight is 406 g/mol. The van der Waals surface area contributed by atoms with Crippen LogP contribution in [0.5, 0.6) is 0 Å². The zero-order valence-corrected chi connectivity index (χ0v) is 13.8. The van der Waals surface area contributed by atoms with Gasteiger partial charge in [-0.05, 0) is 0 Å². The maximum atomic E-state index is 7.75. The molecule has 0 aromatic heterocycles. The van der Waals surface area contributed by atoms with Crippen LogP contribution in [0.25, 0.3) is 0 Å². The van der Waals surface area contributed by atoms with Gasteiger partial charge < -0.3 is 14.4 Å². The SMILES string of the molecule is CC1=[C-]C(C)(C)C(C)=C1C.[CH-]=O.[CH-]=O.[CH-]=O.[W]. The van der Waals surface area contributed by atoms with Crippen LogP contribution in [0.2, 0.25) is 0 Å². The number of rotatable bonds is 0. The van der Waals surface area contributed by atoms with E-state index in [0.717, 1.165) is 0 Å². The second-order valence-corrected chi connectivity index (χ2v) is 3.62. The summed E-state index contributed by atoms with van der Waals surface area (Å²) in [6, 6.07) is 0. The molecule has 0 saturated heterocycles. The average Bonchev–Trinajstić information content (AvgIpc) is 2.50. The van der Waals surface area contributed by atoms with Gasteiger partial charge in [0.2, 0.25) is 0 Å². The van der Waals surface area contributed by atoms with E-state index in [4.69, 9.17) is 14.4 Å². The third-order valence-electron chi connectivity index (χ3n) is 2.56. The quantitative estimate of drug-likeness (QED) is 0.459. The molecule has 98 valence electrons. The van der Waals surface area contributed by atoms with Crippen molar-refractivity contribution in [2.45, 2.75) is 34.6 Å². The van der Waals surface area contributed by atoms with Gasteiger partial charge in [-0.2, -0.15) is 11.1 Å². The van der Waals surface area contributed by atoms with Gasteiger partial charge in [-0.25, -0.2) is 5.57 Å². The summed E-state index contributed by atoms with van der Waals surface area (Å²) in [5, 5.41) is 0. The summed E-state index contributed by atoms with van der Waals surface area (Å²) in [6.45, 7) is 20.7. The molecule has 0 unspecified atom stereocenters. The van der Waals surface area contributed by atoms with Crippen molar-refractivity contribution >= 4 is 20.4 Å². The van der Waals surface area contributed by atoms with Gasteiger partial charge in [-0.1, -0.05) is 33.1 Å². The fraction of sp³-hybridized carbons (Fsp3) is 0.462. The second kappa shape index (κ2) is 13.2. The van der Waals surface area contributed by atoms with E-state index in [1.54, 1.807) is 0 Å². The first-order valence-electron chi connectivity index (χ1n) is 4.46. The first-order valence-corrected chi connectivity index (χ1v) is 4.46. The zero-order valence-electron chi connectivity index (χ0n) is 10.9. The van der Waals surface area contributed by atoms with Crippen LogP contribution < -0.4 is 0 Å². The third kappa shape index (κ3) is 7.98. The Morgan fingerprint density at radius 2 is 1.18 bits per heavy atom. The molecule has 1 aliphatic carbocycles. The van der Waals surface area contributed by atoms with Crippen LogP contribution in [-0.2, 0) is 35.4 Å². The monoisotopic (exact) mass is 406 g/mol. The molecule has 1 rings (SSSR count). The summed E-state index contributed by atoms with van der Waals surface area (Å²) < 4.78 is 0. The van der Waals surface area contributed by atoms with Crippen molar-refractivity contribution < 1.29 is 35.4 Å². The second-order valence-electron chi connectivity index (χ2n) is 3.62. The summed E-state index contributed by atoms with van der Waals surface area (Å²) >= 11 is 0. The minimum absolute atomic E-state index is 0. The molecule has 0 spiro atoms. The van der Waals surface area contributed by atoms with Crippen LogP contribution in [0.15, 0.2) is 16.7 Å². The molecule has 0 bridgehead atoms. The van der Waals surface area contributed by atoms with Gasteiger partial charge >= 0.3 is 0 Å². The van der Waals surface area contributed by atoms with Crippen LogP contribution in [-0.4, -0.2) is 20.4 Å². The zero-order chi connectivity index (χ0) is 13.9. The first-order chi connectivity index (χ1) is 7.45. The molecule has 0 amide bonds. The maximum absolute atomic E-state index is 7.75. The van der Waals surface area contributed by atoms with E-state index in [2.05, 4.69) is 61.1 Å². The van der Waals surface area contributed by atoms with Crippen molar-refractivity contribution in [2.75, 3.05) is 0 Å². The molecule has 0 fully saturated rings. The number of allylic oxidation sites excluding steroid dienone is 4. The van der Waals surface area contributed by atoms with Crippen molar-refractivity contribution in [3.63, 3.8) is 0 Å². The number of carbonyl (C=O) groups excluding carboxylic acids is 3. The summed E-state index contributed by atoms with van der Waals surface area (Å²) in [5.41, 5.74) is 4.39. The Bertz CT molecular complexity index is 263. The molecule has 0 radical (unpaired) electrons. The van der Waals surface area contributed by atoms with Gasteiger partial charge in [-0.15, -0.1) is 6.92 Å². The maximum Gasteiger partial charge on any atom is 0 e. The Morgan fingerprint density at radius 3 is 1.24 bits per heavy atom. The molecule has 0 saturated carbocycles. The van der Waals surface area contributed by atoms with E-state index in [1.807, 2.05) is 0 Å². The molecule has 0 N–H and O–H groups in total. The van der Waals surface area contributed by atoms with E-state index in [1.165, 1.54) is 16.7 Å². The van der Waals surface area contributed by atoms with Crippen LogP contribution in [0.1, 0.15) is 34.6 Å². The van der Waals surface area contributed by atoms with E-state index in [0.29, 0.717) is 0 Å². The molecule has 4 heteroatoms. The van der Waals surface area contributed by atoms with Gasteiger partial charge in [0.15, 0.2) is 0 Å². The van der Waals surface area contributed by atoms with Crippen LogP contribution >= 0.6 is 0 Å². The molecule has 0 aromatic carbocycles. The fourth-order valence-electron chi connectivity index (χ4n) is 1.41. The van der Waals surface area contributed by atoms with Crippen molar-refractivity contribution in [3.05, 3.63) is 22.8 Å². The molecule has 0 atom stereocenters. The molecule has 3 nitrogen and oxygen atoms in total. The third-order valence-corrected chi connectivity index (χ3v) is 2.56. The normalized spacial score (nSPS) is 14.5. The van der Waals surface area contributed by atoms with Gasteiger partial charge in [-0.3, -0.25) is 26.4 Å². The van der Waals surface area contributed by atoms with Crippen LogP contribution in [0.3, 0.4) is 0 Å². The smallest absolute Gasteiger partial charge is 0 e. The van der Waals surface area contributed by atoms with Gasteiger partial charge in [0, 0.05) is 21.1 Å². The Morgan fingerprint density at radius 1 is 0.882 bits per heavy atom. The Hall–Kier alpha value is -0.822. The molecule has 1 aliphatic rings. The summed E-state index contributed by atoms with van der Waals surface area (Å²) in [7, 11) is 0. The predicted octanol–water partition coefficient (Wildman–Crippen LogP) is 2.29. The standard InChI is InChI=1S/C10H15.3CHO.W/c1-7-6-10(4,5)9(3)8(7)2;3*1-2;/h1-5H3;3*1H;/q4*-1;. The molecular weight excluding hydrogens is 388 g/mol. The molecule has 0 aromatic rings. The van der Waals surface area contributed by atoms with Gasteiger partial charge in [0.05, 0.1) is 0 Å².